The molecule has 0 radical (unpaired) electrons. The number of guanidine groups is 1. The standard InChI is InChI=1S/C21H25N3O2/c1-21(13-19(26)24(2)20(22)23-21)10-9-15-5-3-7-17(11-15)18-8-4-6-16(12-18)14-25/h3-8,11-12,25H,9-10,13-14H2,1-2H3,(H2,22,23). The molecule has 1 atom stereocenters. The number of nitrogens with two attached hydrogens (primary N) is 1. The second kappa shape index (κ2) is 7.30. The first-order valence-electron chi connectivity index (χ1n) is 8.81. The first-order valence-corrected chi connectivity index (χ1v) is 8.81. The smallest absolute Gasteiger partial charge is 0.231 e. The molecule has 1 aliphatic heterocycles. The van der Waals surface area contributed by atoms with Gasteiger partial charge >= 0.3 is 0 Å². The number of aliphatic imine (C=N–C) groups is 1. The monoisotopic (exact) mass is 351 g/mol. The fourth-order valence-electron chi connectivity index (χ4n) is 3.28. The van der Waals surface area contributed by atoms with Crippen LogP contribution in [0.5, 0.6) is 0 Å². The molecule has 5 nitrogen and oxygen atoms in total. The van der Waals surface area contributed by atoms with Gasteiger partial charge in [-0.15, -0.1) is 0 Å². The van der Waals surface area contributed by atoms with Gasteiger partial charge < -0.3 is 10.8 Å². The highest BCUT2D eigenvalue weighted by Gasteiger charge is 2.34. The van der Waals surface area contributed by atoms with Crippen LogP contribution in [0, 0.1) is 0 Å². The summed E-state index contributed by atoms with van der Waals surface area (Å²) in [5, 5.41) is 9.33. The Kier molecular flexibility index (Phi) is 5.09. The van der Waals surface area contributed by atoms with E-state index in [1.54, 1.807) is 7.05 Å². The van der Waals surface area contributed by atoms with E-state index < -0.39 is 5.54 Å². The lowest BCUT2D eigenvalue weighted by molar-refractivity contribution is -0.128. The Bertz CT molecular complexity index is 847. The molecule has 0 fully saturated rings. The lowest BCUT2D eigenvalue weighted by Crippen LogP contribution is -2.48. The summed E-state index contributed by atoms with van der Waals surface area (Å²) >= 11 is 0. The Morgan fingerprint density at radius 2 is 1.77 bits per heavy atom. The van der Waals surface area contributed by atoms with E-state index in [-0.39, 0.29) is 12.5 Å². The zero-order chi connectivity index (χ0) is 18.7. The van der Waals surface area contributed by atoms with Crippen molar-refractivity contribution in [1.82, 2.24) is 4.90 Å². The Hall–Kier alpha value is -2.66. The molecule has 0 bridgehead atoms. The molecule has 1 aliphatic rings. The van der Waals surface area contributed by atoms with E-state index in [2.05, 4.69) is 23.2 Å². The summed E-state index contributed by atoms with van der Waals surface area (Å²) in [5.74, 6) is 0.299. The minimum absolute atomic E-state index is 0.00886. The van der Waals surface area contributed by atoms with Crippen molar-refractivity contribution in [3.63, 3.8) is 0 Å². The third kappa shape index (κ3) is 3.94. The number of rotatable bonds is 5. The Balaban J connectivity index is 1.76. The molecule has 1 heterocycles. The van der Waals surface area contributed by atoms with Crippen LogP contribution in [-0.2, 0) is 17.8 Å². The molecule has 0 aromatic heterocycles. The van der Waals surface area contributed by atoms with E-state index in [1.807, 2.05) is 37.3 Å². The van der Waals surface area contributed by atoms with Crippen LogP contribution in [0.15, 0.2) is 53.5 Å². The van der Waals surface area contributed by atoms with E-state index in [9.17, 15) is 9.90 Å². The van der Waals surface area contributed by atoms with Crippen molar-refractivity contribution in [2.45, 2.75) is 38.3 Å². The summed E-state index contributed by atoms with van der Waals surface area (Å²) in [6.45, 7) is 2.02. The van der Waals surface area contributed by atoms with E-state index in [4.69, 9.17) is 5.73 Å². The molecule has 1 amide bonds. The SMILES string of the molecule is CN1C(=O)CC(C)(CCc2cccc(-c3cccc(CO)c3)c2)N=C1N. The molecule has 26 heavy (non-hydrogen) atoms. The van der Waals surface area contributed by atoms with Crippen molar-refractivity contribution in [1.29, 1.82) is 0 Å². The van der Waals surface area contributed by atoms with Gasteiger partial charge in [-0.2, -0.15) is 0 Å². The predicted octanol–water partition coefficient (Wildman–Crippen LogP) is 2.71. The van der Waals surface area contributed by atoms with Crippen LogP contribution in [0.1, 0.15) is 30.9 Å². The topological polar surface area (TPSA) is 78.9 Å². The third-order valence-corrected chi connectivity index (χ3v) is 4.96. The van der Waals surface area contributed by atoms with Crippen molar-refractivity contribution >= 4 is 11.9 Å². The average molecular weight is 351 g/mol. The van der Waals surface area contributed by atoms with Gasteiger partial charge in [-0.05, 0) is 48.1 Å². The van der Waals surface area contributed by atoms with Crippen LogP contribution in [0.4, 0.5) is 0 Å². The van der Waals surface area contributed by atoms with Crippen LogP contribution < -0.4 is 5.73 Å². The first-order chi connectivity index (χ1) is 12.4. The maximum atomic E-state index is 12.1. The zero-order valence-electron chi connectivity index (χ0n) is 15.3. The lowest BCUT2D eigenvalue weighted by Gasteiger charge is -2.33. The molecule has 1 unspecified atom stereocenters. The molecule has 3 N–H and O–H groups in total. The molecule has 136 valence electrons. The van der Waals surface area contributed by atoms with Crippen LogP contribution in [0.3, 0.4) is 0 Å². The van der Waals surface area contributed by atoms with Gasteiger partial charge in [0.15, 0.2) is 5.96 Å². The maximum absolute atomic E-state index is 12.1. The number of hydrogen-bond donors (Lipinski definition) is 2. The van der Waals surface area contributed by atoms with E-state index in [1.165, 1.54) is 10.5 Å². The van der Waals surface area contributed by atoms with Crippen LogP contribution in [0.2, 0.25) is 0 Å². The van der Waals surface area contributed by atoms with Crippen molar-refractivity contribution in [2.75, 3.05) is 7.05 Å². The second-order valence-electron chi connectivity index (χ2n) is 7.16. The Morgan fingerprint density at radius 3 is 2.38 bits per heavy atom. The van der Waals surface area contributed by atoms with Crippen molar-refractivity contribution in [2.24, 2.45) is 10.7 Å². The number of carbonyl (C=O) groups excluding carboxylic acids is 1. The fourth-order valence-corrected chi connectivity index (χ4v) is 3.28. The summed E-state index contributed by atoms with van der Waals surface area (Å²) in [6, 6.07) is 16.3. The zero-order valence-corrected chi connectivity index (χ0v) is 15.3. The number of hydrogen-bond acceptors (Lipinski definition) is 4. The van der Waals surface area contributed by atoms with Crippen molar-refractivity contribution in [3.05, 3.63) is 59.7 Å². The van der Waals surface area contributed by atoms with E-state index in [0.717, 1.165) is 29.5 Å². The fraction of sp³-hybridized carbons (Fsp3) is 0.333. The third-order valence-electron chi connectivity index (χ3n) is 4.96. The van der Waals surface area contributed by atoms with Gasteiger partial charge in [0.1, 0.15) is 0 Å². The maximum Gasteiger partial charge on any atom is 0.231 e. The summed E-state index contributed by atoms with van der Waals surface area (Å²) in [5.41, 5.74) is 9.71. The van der Waals surface area contributed by atoms with Crippen LogP contribution >= 0.6 is 0 Å². The van der Waals surface area contributed by atoms with E-state index in [0.29, 0.717) is 12.4 Å². The van der Waals surface area contributed by atoms with E-state index >= 15 is 0 Å². The number of nitrogens with zero attached hydrogens (tertiary/aromatic N) is 2. The molecule has 0 saturated heterocycles. The molecule has 0 spiro atoms. The number of aryl methyl sites for hydroxylation is 1. The van der Waals surface area contributed by atoms with Gasteiger partial charge in [-0.3, -0.25) is 9.69 Å². The molecular formula is C21H25N3O2. The number of benzene rings is 2. The van der Waals surface area contributed by atoms with Gasteiger partial charge in [-0.1, -0.05) is 42.5 Å². The molecule has 0 saturated carbocycles. The van der Waals surface area contributed by atoms with Crippen molar-refractivity contribution in [3.8, 4) is 11.1 Å². The summed E-state index contributed by atoms with van der Waals surface area (Å²) in [6.07, 6.45) is 1.95. The first kappa shape index (κ1) is 18.1. The summed E-state index contributed by atoms with van der Waals surface area (Å²) in [7, 11) is 1.66. The minimum Gasteiger partial charge on any atom is -0.392 e. The molecule has 0 aliphatic carbocycles. The minimum atomic E-state index is -0.458. The molecular weight excluding hydrogens is 326 g/mol. The number of carbonyl (C=O) groups is 1. The number of amides is 1. The molecule has 3 rings (SSSR count). The average Bonchev–Trinajstić information content (AvgIpc) is 2.65. The van der Waals surface area contributed by atoms with Gasteiger partial charge in [0.25, 0.3) is 0 Å². The number of aliphatic hydroxyl groups is 1. The van der Waals surface area contributed by atoms with Gasteiger partial charge in [0.2, 0.25) is 5.91 Å². The Labute approximate surface area is 154 Å². The molecule has 5 heteroatoms. The largest absolute Gasteiger partial charge is 0.392 e. The van der Waals surface area contributed by atoms with Crippen LogP contribution in [-0.4, -0.2) is 34.5 Å². The number of aliphatic hydroxyl groups excluding tert-OH is 1. The quantitative estimate of drug-likeness (QED) is 0.869. The highest BCUT2D eigenvalue weighted by Crippen LogP contribution is 2.28. The van der Waals surface area contributed by atoms with Gasteiger partial charge in [0, 0.05) is 7.05 Å². The Morgan fingerprint density at radius 1 is 1.15 bits per heavy atom. The normalized spacial score (nSPS) is 20.2. The van der Waals surface area contributed by atoms with Crippen LogP contribution in [0.25, 0.3) is 11.1 Å². The molecule has 2 aromatic rings. The summed E-state index contributed by atoms with van der Waals surface area (Å²) < 4.78 is 0. The highest BCUT2D eigenvalue weighted by molar-refractivity contribution is 5.98. The summed E-state index contributed by atoms with van der Waals surface area (Å²) in [4.78, 5) is 18.0. The molecule has 2 aromatic carbocycles. The lowest BCUT2D eigenvalue weighted by atomic mass is 9.88. The predicted molar refractivity (Wildman–Crippen MR) is 104 cm³/mol. The van der Waals surface area contributed by atoms with Crippen molar-refractivity contribution < 1.29 is 9.90 Å². The highest BCUT2D eigenvalue weighted by atomic mass is 16.3. The van der Waals surface area contributed by atoms with Gasteiger partial charge in [-0.25, -0.2) is 4.99 Å². The second-order valence-corrected chi connectivity index (χ2v) is 7.16. The van der Waals surface area contributed by atoms with Gasteiger partial charge in [0.05, 0.1) is 18.6 Å².